The Bertz CT molecular complexity index is 783. The van der Waals surface area contributed by atoms with Gasteiger partial charge in [-0.25, -0.2) is 0 Å². The monoisotopic (exact) mass is 411 g/mol. The van der Waals surface area contributed by atoms with Crippen LogP contribution in [0.3, 0.4) is 0 Å². The molecule has 1 aliphatic rings. The number of para-hydroxylation sites is 1. The average Bonchev–Trinajstić information content (AvgIpc) is 2.76. The zero-order chi connectivity index (χ0) is 21.4. The zero-order valence-corrected chi connectivity index (χ0v) is 18.0. The molecule has 0 aliphatic carbocycles. The summed E-state index contributed by atoms with van der Waals surface area (Å²) in [5, 5.41) is 9.47. The van der Waals surface area contributed by atoms with Crippen molar-refractivity contribution in [3.63, 3.8) is 0 Å². The second-order valence-corrected chi connectivity index (χ2v) is 8.17. The number of esters is 1. The Labute approximate surface area is 179 Å². The fourth-order valence-corrected chi connectivity index (χ4v) is 4.22. The Kier molecular flexibility index (Phi) is 7.75. The summed E-state index contributed by atoms with van der Waals surface area (Å²) in [4.78, 5) is 15.3. The number of phenols is 1. The van der Waals surface area contributed by atoms with Crippen LogP contribution in [0, 0.1) is 5.41 Å². The van der Waals surface area contributed by atoms with Gasteiger partial charge < -0.3 is 19.5 Å². The summed E-state index contributed by atoms with van der Waals surface area (Å²) < 4.78 is 11.3. The van der Waals surface area contributed by atoms with Crippen molar-refractivity contribution in [2.75, 3.05) is 26.3 Å². The van der Waals surface area contributed by atoms with Crippen molar-refractivity contribution in [2.45, 2.75) is 45.6 Å². The molecule has 30 heavy (non-hydrogen) atoms. The Hall–Kier alpha value is -2.53. The second-order valence-electron chi connectivity index (χ2n) is 8.17. The van der Waals surface area contributed by atoms with Gasteiger partial charge in [-0.2, -0.15) is 0 Å². The molecule has 1 atom stereocenters. The zero-order valence-electron chi connectivity index (χ0n) is 18.0. The molecule has 2 aromatic carbocycles. The fraction of sp³-hybridized carbons (Fsp3) is 0.480. The van der Waals surface area contributed by atoms with E-state index in [0.29, 0.717) is 31.4 Å². The van der Waals surface area contributed by atoms with E-state index in [-0.39, 0.29) is 5.97 Å². The minimum absolute atomic E-state index is 0.0903. The highest BCUT2D eigenvalue weighted by atomic mass is 16.5. The first kappa shape index (κ1) is 22.2. The SMILES string of the molecule is CCOC(=O)C1(CCOc2ccccc2)CCN(C(C)Cc2ccc(O)cc2)CC1. The van der Waals surface area contributed by atoms with Crippen LogP contribution in [-0.2, 0) is 16.0 Å². The predicted molar refractivity (Wildman–Crippen MR) is 118 cm³/mol. The number of hydrogen-bond donors (Lipinski definition) is 1. The number of phenolic OH excluding ortho intramolecular Hbond substituents is 1. The number of hydrogen-bond acceptors (Lipinski definition) is 5. The first-order valence-electron chi connectivity index (χ1n) is 10.9. The molecule has 0 bridgehead atoms. The molecule has 3 rings (SSSR count). The van der Waals surface area contributed by atoms with Gasteiger partial charge in [0.1, 0.15) is 11.5 Å². The van der Waals surface area contributed by atoms with Crippen molar-refractivity contribution < 1.29 is 19.4 Å². The third-order valence-corrected chi connectivity index (χ3v) is 6.15. The van der Waals surface area contributed by atoms with Gasteiger partial charge in [-0.1, -0.05) is 30.3 Å². The Morgan fingerprint density at radius 2 is 1.77 bits per heavy atom. The van der Waals surface area contributed by atoms with Crippen LogP contribution in [0.5, 0.6) is 11.5 Å². The van der Waals surface area contributed by atoms with Crippen LogP contribution in [0.4, 0.5) is 0 Å². The summed E-state index contributed by atoms with van der Waals surface area (Å²) in [6.45, 7) is 6.73. The van der Waals surface area contributed by atoms with E-state index in [0.717, 1.165) is 38.1 Å². The van der Waals surface area contributed by atoms with Gasteiger partial charge in [0.25, 0.3) is 0 Å². The van der Waals surface area contributed by atoms with E-state index in [1.165, 1.54) is 5.56 Å². The molecule has 1 aliphatic heterocycles. The number of aromatic hydroxyl groups is 1. The lowest BCUT2D eigenvalue weighted by Crippen LogP contribution is -2.49. The van der Waals surface area contributed by atoms with Crippen molar-refractivity contribution in [3.8, 4) is 11.5 Å². The van der Waals surface area contributed by atoms with Gasteiger partial charge in [-0.3, -0.25) is 4.79 Å². The fourth-order valence-electron chi connectivity index (χ4n) is 4.22. The Balaban J connectivity index is 1.57. The van der Waals surface area contributed by atoms with Gasteiger partial charge in [0.05, 0.1) is 18.6 Å². The van der Waals surface area contributed by atoms with Crippen LogP contribution in [-0.4, -0.2) is 48.3 Å². The van der Waals surface area contributed by atoms with E-state index in [1.54, 1.807) is 12.1 Å². The van der Waals surface area contributed by atoms with E-state index in [4.69, 9.17) is 9.47 Å². The van der Waals surface area contributed by atoms with Crippen LogP contribution in [0.15, 0.2) is 54.6 Å². The summed E-state index contributed by atoms with van der Waals surface area (Å²) in [5.41, 5.74) is 0.735. The largest absolute Gasteiger partial charge is 0.508 e. The average molecular weight is 412 g/mol. The van der Waals surface area contributed by atoms with E-state index >= 15 is 0 Å². The van der Waals surface area contributed by atoms with Crippen molar-refractivity contribution in [2.24, 2.45) is 5.41 Å². The molecular weight excluding hydrogens is 378 g/mol. The number of rotatable bonds is 9. The van der Waals surface area contributed by atoms with Gasteiger partial charge in [-0.15, -0.1) is 0 Å². The number of likely N-dealkylation sites (tertiary alicyclic amines) is 1. The summed E-state index contributed by atoms with van der Waals surface area (Å²) in [6, 6.07) is 17.5. The maximum absolute atomic E-state index is 12.8. The molecule has 1 heterocycles. The van der Waals surface area contributed by atoms with Crippen LogP contribution in [0.2, 0.25) is 0 Å². The highest BCUT2D eigenvalue weighted by Gasteiger charge is 2.43. The lowest BCUT2D eigenvalue weighted by Gasteiger charge is -2.42. The summed E-state index contributed by atoms with van der Waals surface area (Å²) >= 11 is 0. The molecule has 1 saturated heterocycles. The van der Waals surface area contributed by atoms with Gasteiger partial charge in [0.15, 0.2) is 0 Å². The van der Waals surface area contributed by atoms with E-state index in [1.807, 2.05) is 49.4 Å². The van der Waals surface area contributed by atoms with Crippen molar-refractivity contribution in [1.82, 2.24) is 4.90 Å². The number of ether oxygens (including phenoxy) is 2. The molecule has 5 nitrogen and oxygen atoms in total. The Morgan fingerprint density at radius 1 is 1.10 bits per heavy atom. The van der Waals surface area contributed by atoms with Gasteiger partial charge in [0.2, 0.25) is 0 Å². The molecule has 0 amide bonds. The van der Waals surface area contributed by atoms with E-state index in [9.17, 15) is 9.90 Å². The van der Waals surface area contributed by atoms with Crippen LogP contribution in [0.25, 0.3) is 0 Å². The number of piperidine rings is 1. The molecule has 0 saturated carbocycles. The molecule has 0 aromatic heterocycles. The van der Waals surface area contributed by atoms with Crippen LogP contribution in [0.1, 0.15) is 38.7 Å². The normalized spacial score (nSPS) is 17.3. The molecule has 0 spiro atoms. The maximum atomic E-state index is 12.8. The van der Waals surface area contributed by atoms with Crippen molar-refractivity contribution >= 4 is 5.97 Å². The number of carbonyl (C=O) groups is 1. The second kappa shape index (κ2) is 10.5. The summed E-state index contributed by atoms with van der Waals surface area (Å²) in [5.74, 6) is 1.03. The van der Waals surface area contributed by atoms with Crippen LogP contribution < -0.4 is 4.74 Å². The Morgan fingerprint density at radius 3 is 2.40 bits per heavy atom. The number of benzene rings is 2. The predicted octanol–water partition coefficient (Wildman–Crippen LogP) is 4.44. The molecule has 2 aromatic rings. The molecule has 1 N–H and O–H groups in total. The first-order valence-corrected chi connectivity index (χ1v) is 10.9. The first-order chi connectivity index (χ1) is 14.5. The van der Waals surface area contributed by atoms with Gasteiger partial charge >= 0.3 is 5.97 Å². The standard InChI is InChI=1S/C25H33NO4/c1-3-29-24(28)25(15-18-30-23-7-5-4-6-8-23)13-16-26(17-14-25)20(2)19-21-9-11-22(27)12-10-21/h4-12,20,27H,3,13-19H2,1-2H3. The lowest BCUT2D eigenvalue weighted by molar-refractivity contribution is -0.160. The van der Waals surface area contributed by atoms with Gasteiger partial charge in [0, 0.05) is 6.04 Å². The minimum atomic E-state index is -0.473. The molecule has 162 valence electrons. The third-order valence-electron chi connectivity index (χ3n) is 6.15. The lowest BCUT2D eigenvalue weighted by atomic mass is 9.75. The molecule has 0 radical (unpaired) electrons. The van der Waals surface area contributed by atoms with Crippen LogP contribution >= 0.6 is 0 Å². The maximum Gasteiger partial charge on any atom is 0.312 e. The molecule has 5 heteroatoms. The van der Waals surface area contributed by atoms with Crippen molar-refractivity contribution in [3.05, 3.63) is 60.2 Å². The quantitative estimate of drug-likeness (QED) is 0.618. The topological polar surface area (TPSA) is 59.0 Å². The minimum Gasteiger partial charge on any atom is -0.508 e. The highest BCUT2D eigenvalue weighted by molar-refractivity contribution is 5.77. The highest BCUT2D eigenvalue weighted by Crippen LogP contribution is 2.37. The smallest absolute Gasteiger partial charge is 0.312 e. The molecule has 1 unspecified atom stereocenters. The molecular formula is C25H33NO4. The summed E-state index contributed by atoms with van der Waals surface area (Å²) in [7, 11) is 0. The van der Waals surface area contributed by atoms with Crippen molar-refractivity contribution in [1.29, 1.82) is 0 Å². The number of carbonyl (C=O) groups excluding carboxylic acids is 1. The number of nitrogens with zero attached hydrogens (tertiary/aromatic N) is 1. The van der Waals surface area contributed by atoms with E-state index < -0.39 is 5.41 Å². The van der Waals surface area contributed by atoms with Gasteiger partial charge in [-0.05, 0) is 82.4 Å². The van der Waals surface area contributed by atoms with E-state index in [2.05, 4.69) is 11.8 Å². The summed E-state index contributed by atoms with van der Waals surface area (Å²) in [6.07, 6.45) is 3.15. The molecule has 1 fully saturated rings. The third kappa shape index (κ3) is 5.76.